The zero-order chi connectivity index (χ0) is 24.3. The number of ether oxygens (including phenoxy) is 2. The highest BCUT2D eigenvalue weighted by Gasteiger charge is 2.38. The summed E-state index contributed by atoms with van der Waals surface area (Å²) in [5, 5.41) is -0.0545. The lowest BCUT2D eigenvalue weighted by Crippen LogP contribution is -2.28. The van der Waals surface area contributed by atoms with Crippen LogP contribution < -0.4 is 14.2 Å². The van der Waals surface area contributed by atoms with Gasteiger partial charge in [0.2, 0.25) is 10.0 Å². The third kappa shape index (κ3) is 5.40. The summed E-state index contributed by atoms with van der Waals surface area (Å²) in [6, 6.07) is 5.56. The highest BCUT2D eigenvalue weighted by Crippen LogP contribution is 2.42. The number of halogens is 2. The fourth-order valence-corrected chi connectivity index (χ4v) is 5.24. The minimum absolute atomic E-state index is 0.0343. The van der Waals surface area contributed by atoms with Crippen LogP contribution in [-0.2, 0) is 23.1 Å². The van der Waals surface area contributed by atoms with E-state index in [1.807, 2.05) is 19.0 Å². The Bertz CT molecular complexity index is 1160. The first-order valence-electron chi connectivity index (χ1n) is 10.2. The van der Waals surface area contributed by atoms with Gasteiger partial charge in [-0.1, -0.05) is 17.7 Å². The van der Waals surface area contributed by atoms with E-state index in [0.717, 1.165) is 6.54 Å². The molecule has 2 aromatic carbocycles. The van der Waals surface area contributed by atoms with E-state index in [-0.39, 0.29) is 46.6 Å². The average Bonchev–Trinajstić information content (AvgIpc) is 3.08. The van der Waals surface area contributed by atoms with Gasteiger partial charge in [0, 0.05) is 31.3 Å². The molecule has 0 fully saturated rings. The van der Waals surface area contributed by atoms with Crippen molar-refractivity contribution in [2.24, 2.45) is 0 Å². The third-order valence-electron chi connectivity index (χ3n) is 5.31. The van der Waals surface area contributed by atoms with E-state index in [0.29, 0.717) is 17.5 Å². The minimum atomic E-state index is -3.93. The fraction of sp³-hybridized carbons (Fsp3) is 0.409. The summed E-state index contributed by atoms with van der Waals surface area (Å²) < 4.78 is 53.2. The first kappa shape index (κ1) is 25.2. The van der Waals surface area contributed by atoms with Crippen molar-refractivity contribution in [2.75, 3.05) is 41.4 Å². The first-order valence-corrected chi connectivity index (χ1v) is 12.1. The van der Waals surface area contributed by atoms with Gasteiger partial charge in [0.05, 0.1) is 29.7 Å². The number of carbonyl (C=O) groups excluding carboxylic acids is 1. The number of sulfonamides is 1. The minimum Gasteiger partial charge on any atom is -0.493 e. The van der Waals surface area contributed by atoms with Crippen molar-refractivity contribution in [3.05, 3.63) is 51.8 Å². The number of nitrogens with one attached hydrogen (secondary N) is 1. The van der Waals surface area contributed by atoms with Crippen LogP contribution in [0.5, 0.6) is 11.5 Å². The summed E-state index contributed by atoms with van der Waals surface area (Å²) in [7, 11) is 2.66. The number of methoxy groups -OCH3 is 2. The molecule has 0 aromatic heterocycles. The van der Waals surface area contributed by atoms with Crippen LogP contribution in [0.3, 0.4) is 0 Å². The molecule has 1 amide bonds. The summed E-state index contributed by atoms with van der Waals surface area (Å²) in [5.74, 6) is -0.657. The molecule has 0 spiro atoms. The van der Waals surface area contributed by atoms with Gasteiger partial charge in [0.25, 0.3) is 5.91 Å². The Labute approximate surface area is 198 Å². The number of amides is 1. The Morgan fingerprint density at radius 1 is 1.21 bits per heavy atom. The normalized spacial score (nSPS) is 13.5. The van der Waals surface area contributed by atoms with Crippen LogP contribution in [0.15, 0.2) is 29.2 Å². The smallest absolute Gasteiger partial charge is 0.258 e. The van der Waals surface area contributed by atoms with Crippen molar-refractivity contribution in [1.82, 2.24) is 14.5 Å². The summed E-state index contributed by atoms with van der Waals surface area (Å²) in [4.78, 5) is 16.7. The molecule has 0 aliphatic carbocycles. The number of nitrogens with zero attached hydrogens (tertiary/aromatic N) is 2. The molecule has 8 nitrogen and oxygen atoms in total. The predicted molar refractivity (Wildman–Crippen MR) is 123 cm³/mol. The van der Waals surface area contributed by atoms with Crippen LogP contribution in [0.1, 0.15) is 27.9 Å². The first-order chi connectivity index (χ1) is 15.6. The molecule has 2 aromatic rings. The van der Waals surface area contributed by atoms with E-state index in [1.54, 1.807) is 0 Å². The second kappa shape index (κ2) is 10.3. The molecule has 1 aliphatic heterocycles. The Kier molecular flexibility index (Phi) is 7.84. The zero-order valence-electron chi connectivity index (χ0n) is 18.9. The largest absolute Gasteiger partial charge is 0.493 e. The maximum Gasteiger partial charge on any atom is 0.258 e. The van der Waals surface area contributed by atoms with E-state index in [4.69, 9.17) is 21.1 Å². The van der Waals surface area contributed by atoms with Crippen molar-refractivity contribution in [2.45, 2.75) is 24.4 Å². The van der Waals surface area contributed by atoms with Gasteiger partial charge in [-0.25, -0.2) is 17.5 Å². The zero-order valence-corrected chi connectivity index (χ0v) is 20.5. The highest BCUT2D eigenvalue weighted by molar-refractivity contribution is 7.89. The van der Waals surface area contributed by atoms with Crippen LogP contribution in [0.4, 0.5) is 4.39 Å². The Balaban J connectivity index is 1.97. The van der Waals surface area contributed by atoms with E-state index < -0.39 is 21.7 Å². The van der Waals surface area contributed by atoms with Gasteiger partial charge in [-0.2, -0.15) is 0 Å². The summed E-state index contributed by atoms with van der Waals surface area (Å²) >= 11 is 5.87. The van der Waals surface area contributed by atoms with Gasteiger partial charge >= 0.3 is 0 Å². The Hall–Kier alpha value is -2.40. The lowest BCUT2D eigenvalue weighted by atomic mass is 10.1. The quantitative estimate of drug-likeness (QED) is 0.506. The Morgan fingerprint density at radius 2 is 1.94 bits per heavy atom. The number of rotatable bonds is 10. The maximum atomic E-state index is 13.5. The van der Waals surface area contributed by atoms with E-state index in [1.165, 1.54) is 43.4 Å². The van der Waals surface area contributed by atoms with Crippen LogP contribution in [0.25, 0.3) is 0 Å². The lowest BCUT2D eigenvalue weighted by molar-refractivity contribution is 0.0763. The van der Waals surface area contributed by atoms with Gasteiger partial charge in [0.1, 0.15) is 5.82 Å². The Morgan fingerprint density at radius 3 is 2.55 bits per heavy atom. The molecule has 11 heteroatoms. The molecule has 180 valence electrons. The molecule has 0 saturated heterocycles. The fourth-order valence-electron chi connectivity index (χ4n) is 3.72. The van der Waals surface area contributed by atoms with Gasteiger partial charge in [0.15, 0.2) is 11.5 Å². The van der Waals surface area contributed by atoms with Crippen molar-refractivity contribution in [3.63, 3.8) is 0 Å². The van der Waals surface area contributed by atoms with Gasteiger partial charge in [-0.3, -0.25) is 4.79 Å². The molecule has 3 rings (SSSR count). The lowest BCUT2D eigenvalue weighted by Gasteiger charge is -2.16. The van der Waals surface area contributed by atoms with Crippen LogP contribution in [-0.4, -0.2) is 65.5 Å². The van der Waals surface area contributed by atoms with Crippen LogP contribution >= 0.6 is 11.6 Å². The SMILES string of the molecule is COc1cc(S(=O)(=O)NCCCN(C)C)c2c(c1OC)C(=O)N(Cc1ccc(F)c(Cl)c1)C2. The summed E-state index contributed by atoms with van der Waals surface area (Å²) in [5.41, 5.74) is 1.07. The molecule has 1 heterocycles. The topological polar surface area (TPSA) is 88.2 Å². The van der Waals surface area contributed by atoms with Crippen molar-refractivity contribution in [3.8, 4) is 11.5 Å². The monoisotopic (exact) mass is 499 g/mol. The average molecular weight is 500 g/mol. The van der Waals surface area contributed by atoms with Gasteiger partial charge in [-0.15, -0.1) is 0 Å². The molecule has 0 atom stereocenters. The van der Waals surface area contributed by atoms with E-state index in [9.17, 15) is 17.6 Å². The number of benzene rings is 2. The van der Waals surface area contributed by atoms with E-state index in [2.05, 4.69) is 4.72 Å². The van der Waals surface area contributed by atoms with Crippen molar-refractivity contribution in [1.29, 1.82) is 0 Å². The molecule has 0 bridgehead atoms. The molecular formula is C22H27ClFN3O5S. The highest BCUT2D eigenvalue weighted by atomic mass is 35.5. The number of hydrogen-bond acceptors (Lipinski definition) is 6. The molecule has 1 N–H and O–H groups in total. The summed E-state index contributed by atoms with van der Waals surface area (Å²) in [6.45, 7) is 1.13. The molecule has 0 radical (unpaired) electrons. The van der Waals surface area contributed by atoms with Gasteiger partial charge < -0.3 is 19.3 Å². The van der Waals surface area contributed by atoms with Crippen LogP contribution in [0.2, 0.25) is 5.02 Å². The third-order valence-corrected chi connectivity index (χ3v) is 7.12. The van der Waals surface area contributed by atoms with Crippen molar-refractivity contribution < 1.29 is 27.1 Å². The molecule has 1 aliphatic rings. The second-order valence-corrected chi connectivity index (χ2v) is 10.1. The van der Waals surface area contributed by atoms with E-state index >= 15 is 0 Å². The maximum absolute atomic E-state index is 13.5. The predicted octanol–water partition coefficient (Wildman–Crippen LogP) is 2.88. The molecular weight excluding hydrogens is 473 g/mol. The number of carbonyl (C=O) groups is 1. The molecule has 0 unspecified atom stereocenters. The number of hydrogen-bond donors (Lipinski definition) is 1. The van der Waals surface area contributed by atoms with Gasteiger partial charge in [-0.05, 0) is 44.8 Å². The molecule has 0 saturated carbocycles. The van der Waals surface area contributed by atoms with Crippen LogP contribution in [0, 0.1) is 5.82 Å². The number of fused-ring (bicyclic) bond motifs is 1. The second-order valence-electron chi connectivity index (χ2n) is 7.93. The molecule has 33 heavy (non-hydrogen) atoms. The standard InChI is InChI=1S/C22H27ClFN3O5S/c1-26(2)9-5-8-25-33(29,30)19-11-18(31-3)21(32-4)20-15(19)13-27(22(20)28)12-14-6-7-17(24)16(23)10-14/h6-7,10-11,25H,5,8-9,12-13H2,1-4H3. The van der Waals surface area contributed by atoms with Crippen molar-refractivity contribution >= 4 is 27.5 Å². The summed E-state index contributed by atoms with van der Waals surface area (Å²) in [6.07, 6.45) is 0.623.